The summed E-state index contributed by atoms with van der Waals surface area (Å²) in [5, 5.41) is 2.40. The molecule has 3 heteroatoms. The molecule has 2 fully saturated rings. The third-order valence-electron chi connectivity index (χ3n) is 6.91. The largest absolute Gasteiger partial charge is 0.493 e. The third-order valence-corrected chi connectivity index (χ3v) is 7.00. The van der Waals surface area contributed by atoms with Crippen LogP contribution in [-0.2, 0) is 0 Å². The zero-order valence-corrected chi connectivity index (χ0v) is 17.7. The van der Waals surface area contributed by atoms with E-state index in [1.54, 1.807) is 0 Å². The summed E-state index contributed by atoms with van der Waals surface area (Å²) in [6.45, 7) is 3.17. The van der Waals surface area contributed by atoms with Crippen LogP contribution in [0.3, 0.4) is 0 Å². The maximum atomic E-state index is 6.02. The van der Waals surface area contributed by atoms with Crippen LogP contribution in [-0.4, -0.2) is 11.8 Å². The quantitative estimate of drug-likeness (QED) is 0.339. The number of ether oxygens (including phenoxy) is 1. The van der Waals surface area contributed by atoms with Crippen molar-refractivity contribution in [2.75, 3.05) is 6.61 Å². The molecule has 0 N–H and O–H groups in total. The Morgan fingerprint density at radius 3 is 2.07 bits per heavy atom. The molecular formula is C24H35NOS. The Bertz CT molecular complexity index is 591. The summed E-state index contributed by atoms with van der Waals surface area (Å²) in [6, 6.07) is 7.83. The van der Waals surface area contributed by atoms with Crippen molar-refractivity contribution < 1.29 is 4.74 Å². The molecule has 0 amide bonds. The van der Waals surface area contributed by atoms with Crippen molar-refractivity contribution in [2.45, 2.75) is 77.6 Å². The molecule has 27 heavy (non-hydrogen) atoms. The number of isothiocyanates is 1. The molecule has 2 aliphatic carbocycles. The zero-order valence-electron chi connectivity index (χ0n) is 16.9. The lowest BCUT2D eigenvalue weighted by Gasteiger charge is -2.37. The molecule has 0 aliphatic heterocycles. The molecule has 0 aromatic heterocycles. The van der Waals surface area contributed by atoms with Gasteiger partial charge in [-0.25, -0.2) is 0 Å². The van der Waals surface area contributed by atoms with Gasteiger partial charge in [0.15, 0.2) is 0 Å². The molecule has 3 rings (SSSR count). The van der Waals surface area contributed by atoms with Gasteiger partial charge in [0.2, 0.25) is 0 Å². The van der Waals surface area contributed by atoms with Gasteiger partial charge in [0.25, 0.3) is 0 Å². The van der Waals surface area contributed by atoms with Gasteiger partial charge in [0, 0.05) is 0 Å². The van der Waals surface area contributed by atoms with Crippen LogP contribution in [0.4, 0.5) is 5.69 Å². The highest BCUT2D eigenvalue weighted by atomic mass is 32.1. The van der Waals surface area contributed by atoms with Gasteiger partial charge in [-0.05, 0) is 98.7 Å². The van der Waals surface area contributed by atoms with Crippen molar-refractivity contribution in [3.63, 3.8) is 0 Å². The Hall–Kier alpha value is -1.18. The molecule has 1 aromatic rings. The summed E-state index contributed by atoms with van der Waals surface area (Å²) in [4.78, 5) is 3.98. The van der Waals surface area contributed by atoms with Gasteiger partial charge >= 0.3 is 0 Å². The summed E-state index contributed by atoms with van der Waals surface area (Å²) in [5.74, 6) is 4.69. The Kier molecular flexibility index (Phi) is 8.35. The lowest BCUT2D eigenvalue weighted by Crippen LogP contribution is -2.27. The van der Waals surface area contributed by atoms with Crippen LogP contribution in [0.25, 0.3) is 0 Å². The Morgan fingerprint density at radius 1 is 0.926 bits per heavy atom. The smallest absolute Gasteiger partial charge is 0.119 e. The van der Waals surface area contributed by atoms with E-state index in [-0.39, 0.29) is 0 Å². The lowest BCUT2D eigenvalue weighted by molar-refractivity contribution is 0.121. The average Bonchev–Trinajstić information content (AvgIpc) is 2.73. The molecule has 2 aliphatic rings. The van der Waals surface area contributed by atoms with E-state index < -0.39 is 0 Å². The molecule has 0 atom stereocenters. The first-order valence-electron chi connectivity index (χ1n) is 11.1. The molecule has 2 nitrogen and oxygen atoms in total. The normalized spacial score (nSPS) is 28.3. The van der Waals surface area contributed by atoms with E-state index in [0.29, 0.717) is 0 Å². The highest BCUT2D eigenvalue weighted by Crippen LogP contribution is 2.42. The first-order chi connectivity index (χ1) is 13.3. The van der Waals surface area contributed by atoms with Crippen LogP contribution in [0.5, 0.6) is 5.75 Å². The van der Waals surface area contributed by atoms with Gasteiger partial charge in [-0.15, -0.1) is 0 Å². The predicted octanol–water partition coefficient (Wildman–Crippen LogP) is 7.60. The molecule has 0 unspecified atom stereocenters. The van der Waals surface area contributed by atoms with Crippen molar-refractivity contribution in [1.82, 2.24) is 0 Å². The summed E-state index contributed by atoms with van der Waals surface area (Å²) in [7, 11) is 0. The van der Waals surface area contributed by atoms with E-state index in [0.717, 1.165) is 41.7 Å². The molecule has 0 radical (unpaired) electrons. The summed E-state index contributed by atoms with van der Waals surface area (Å²) in [6.07, 6.45) is 15.8. The molecular weight excluding hydrogens is 350 g/mol. The average molecular weight is 386 g/mol. The van der Waals surface area contributed by atoms with E-state index >= 15 is 0 Å². The number of unbranched alkanes of at least 4 members (excludes halogenated alkanes) is 1. The van der Waals surface area contributed by atoms with Gasteiger partial charge in [0.05, 0.1) is 17.5 Å². The van der Waals surface area contributed by atoms with Crippen molar-refractivity contribution in [2.24, 2.45) is 28.7 Å². The Balaban J connectivity index is 1.35. The minimum atomic E-state index is 0.723. The molecule has 2 saturated carbocycles. The molecule has 0 bridgehead atoms. The highest BCUT2D eigenvalue weighted by molar-refractivity contribution is 7.78. The number of hydrogen-bond acceptors (Lipinski definition) is 3. The minimum absolute atomic E-state index is 0.723. The molecule has 148 valence electrons. The van der Waals surface area contributed by atoms with Gasteiger partial charge < -0.3 is 4.74 Å². The number of rotatable bonds is 8. The third kappa shape index (κ3) is 6.43. The molecule has 1 aromatic carbocycles. The minimum Gasteiger partial charge on any atom is -0.493 e. The van der Waals surface area contributed by atoms with Crippen molar-refractivity contribution >= 4 is 23.1 Å². The van der Waals surface area contributed by atoms with Gasteiger partial charge in [-0.2, -0.15) is 4.99 Å². The Morgan fingerprint density at radius 2 is 1.52 bits per heavy atom. The zero-order chi connectivity index (χ0) is 18.9. The molecule has 0 spiro atoms. The number of thiocarbonyl (C=S) groups is 1. The maximum Gasteiger partial charge on any atom is 0.119 e. The maximum absolute atomic E-state index is 6.02. The van der Waals surface area contributed by atoms with E-state index in [1.807, 2.05) is 24.3 Å². The van der Waals surface area contributed by atoms with Crippen LogP contribution in [0.1, 0.15) is 77.6 Å². The van der Waals surface area contributed by atoms with Crippen molar-refractivity contribution in [3.8, 4) is 5.75 Å². The van der Waals surface area contributed by atoms with Gasteiger partial charge in [-0.1, -0.05) is 39.0 Å². The SMILES string of the molecule is CCCC[C@H]1CC[C@H](C2CCC(COc3ccc(N=C=S)cc3)CC2)CC1. The second-order valence-electron chi connectivity index (χ2n) is 8.71. The summed E-state index contributed by atoms with van der Waals surface area (Å²) >= 11 is 4.63. The number of hydrogen-bond donors (Lipinski definition) is 0. The monoisotopic (exact) mass is 385 g/mol. The fourth-order valence-corrected chi connectivity index (χ4v) is 5.26. The summed E-state index contributed by atoms with van der Waals surface area (Å²) in [5.41, 5.74) is 0.835. The van der Waals surface area contributed by atoms with Crippen molar-refractivity contribution in [3.05, 3.63) is 24.3 Å². The highest BCUT2D eigenvalue weighted by Gasteiger charge is 2.30. The number of nitrogens with zero attached hydrogens (tertiary/aromatic N) is 1. The van der Waals surface area contributed by atoms with Crippen LogP contribution < -0.4 is 4.74 Å². The van der Waals surface area contributed by atoms with Crippen LogP contribution in [0.15, 0.2) is 29.3 Å². The second-order valence-corrected chi connectivity index (χ2v) is 8.89. The Labute approximate surface area is 170 Å². The summed E-state index contributed by atoms with van der Waals surface area (Å²) < 4.78 is 6.02. The fourth-order valence-electron chi connectivity index (χ4n) is 5.15. The number of aliphatic imine (C=N–C) groups is 1. The first-order valence-corrected chi connectivity index (χ1v) is 11.5. The topological polar surface area (TPSA) is 21.6 Å². The molecule has 0 saturated heterocycles. The van der Waals surface area contributed by atoms with E-state index in [1.165, 1.54) is 70.6 Å². The molecule has 0 heterocycles. The standard InChI is InChI=1S/C24H35NOS/c1-2-3-4-19-5-9-21(10-6-19)22-11-7-20(8-12-22)17-26-24-15-13-23(14-16-24)25-18-27/h13-16,19-22H,2-12,17H2,1H3/t19-,20?,21-,22?. The van der Waals surface area contributed by atoms with E-state index in [9.17, 15) is 0 Å². The fraction of sp³-hybridized carbons (Fsp3) is 0.708. The predicted molar refractivity (Wildman–Crippen MR) is 117 cm³/mol. The van der Waals surface area contributed by atoms with Crippen LogP contribution >= 0.6 is 12.2 Å². The second kappa shape index (κ2) is 11.0. The van der Waals surface area contributed by atoms with E-state index in [2.05, 4.69) is 29.3 Å². The number of benzene rings is 1. The van der Waals surface area contributed by atoms with Crippen LogP contribution in [0.2, 0.25) is 0 Å². The van der Waals surface area contributed by atoms with Gasteiger partial charge in [0.1, 0.15) is 5.75 Å². The van der Waals surface area contributed by atoms with Crippen LogP contribution in [0, 0.1) is 23.7 Å². The van der Waals surface area contributed by atoms with Gasteiger partial charge in [-0.3, -0.25) is 0 Å². The lowest BCUT2D eigenvalue weighted by atomic mass is 9.69. The van der Waals surface area contributed by atoms with E-state index in [4.69, 9.17) is 4.74 Å². The first kappa shape index (κ1) is 20.6. The van der Waals surface area contributed by atoms with Crippen molar-refractivity contribution in [1.29, 1.82) is 0 Å².